The molecule has 0 bridgehead atoms. The van der Waals surface area contributed by atoms with Crippen LogP contribution in [0.5, 0.6) is 5.75 Å². The molecule has 4 rings (SSSR count). The van der Waals surface area contributed by atoms with Crippen LogP contribution >= 0.6 is 0 Å². The first-order valence-electron chi connectivity index (χ1n) is 10.4. The van der Waals surface area contributed by atoms with E-state index in [1.165, 1.54) is 12.1 Å². The average Bonchev–Trinajstić information content (AvgIpc) is 3.17. The first-order valence-corrected chi connectivity index (χ1v) is 10.4. The Kier molecular flexibility index (Phi) is 6.30. The zero-order valence-electron chi connectivity index (χ0n) is 16.6. The SMILES string of the molecule is O=C(NCCN1CCC(COc2ccccc2)CC1)N1CCc2ccc(F)cc21. The summed E-state index contributed by atoms with van der Waals surface area (Å²) in [7, 11) is 0. The standard InChI is InChI=1S/C23H28FN3O2/c24-20-7-6-19-10-14-27(22(19)16-20)23(28)25-11-15-26-12-8-18(9-13-26)17-29-21-4-2-1-3-5-21/h1-7,16,18H,8-15,17H2,(H,25,28). The molecule has 2 aromatic rings. The van der Waals surface area contributed by atoms with Crippen molar-refractivity contribution in [3.8, 4) is 5.75 Å². The number of carbonyl (C=O) groups excluding carboxylic acids is 1. The van der Waals surface area contributed by atoms with Crippen LogP contribution in [0, 0.1) is 11.7 Å². The molecule has 2 aromatic carbocycles. The van der Waals surface area contributed by atoms with Gasteiger partial charge in [0.1, 0.15) is 11.6 Å². The molecule has 0 atom stereocenters. The minimum Gasteiger partial charge on any atom is -0.493 e. The van der Waals surface area contributed by atoms with Crippen molar-refractivity contribution < 1.29 is 13.9 Å². The number of likely N-dealkylation sites (tertiary alicyclic amines) is 1. The zero-order valence-corrected chi connectivity index (χ0v) is 16.6. The number of nitrogens with one attached hydrogen (secondary N) is 1. The predicted octanol–water partition coefficient (Wildman–Crippen LogP) is 3.69. The van der Waals surface area contributed by atoms with Gasteiger partial charge in [-0.1, -0.05) is 24.3 Å². The van der Waals surface area contributed by atoms with E-state index in [4.69, 9.17) is 4.74 Å². The van der Waals surface area contributed by atoms with E-state index in [-0.39, 0.29) is 11.8 Å². The van der Waals surface area contributed by atoms with Gasteiger partial charge >= 0.3 is 6.03 Å². The molecule has 0 unspecified atom stereocenters. The number of hydrogen-bond acceptors (Lipinski definition) is 3. The van der Waals surface area contributed by atoms with E-state index < -0.39 is 0 Å². The highest BCUT2D eigenvalue weighted by atomic mass is 19.1. The quantitative estimate of drug-likeness (QED) is 0.809. The lowest BCUT2D eigenvalue weighted by Gasteiger charge is -2.32. The van der Waals surface area contributed by atoms with Crippen molar-refractivity contribution in [1.29, 1.82) is 0 Å². The lowest BCUT2D eigenvalue weighted by molar-refractivity contribution is 0.142. The fraction of sp³-hybridized carbons (Fsp3) is 0.435. The molecule has 0 spiro atoms. The summed E-state index contributed by atoms with van der Waals surface area (Å²) in [4.78, 5) is 16.5. The third-order valence-corrected chi connectivity index (χ3v) is 5.83. The highest BCUT2D eigenvalue weighted by Gasteiger charge is 2.25. The summed E-state index contributed by atoms with van der Waals surface area (Å²) < 4.78 is 19.4. The number of benzene rings is 2. The van der Waals surface area contributed by atoms with E-state index in [0.29, 0.717) is 24.7 Å². The number of para-hydroxylation sites is 1. The minimum atomic E-state index is -0.303. The van der Waals surface area contributed by atoms with Crippen LogP contribution in [0.15, 0.2) is 48.5 Å². The van der Waals surface area contributed by atoms with Gasteiger partial charge in [-0.25, -0.2) is 9.18 Å². The molecule has 154 valence electrons. The van der Waals surface area contributed by atoms with E-state index >= 15 is 0 Å². The Balaban J connectivity index is 1.15. The van der Waals surface area contributed by atoms with Crippen molar-refractivity contribution in [3.05, 3.63) is 59.9 Å². The summed E-state index contributed by atoms with van der Waals surface area (Å²) in [6, 6.07) is 14.5. The molecule has 0 saturated carbocycles. The number of nitrogens with zero attached hydrogens (tertiary/aromatic N) is 2. The highest BCUT2D eigenvalue weighted by Crippen LogP contribution is 2.28. The maximum atomic E-state index is 13.5. The molecule has 1 fully saturated rings. The van der Waals surface area contributed by atoms with Gasteiger partial charge in [-0.3, -0.25) is 4.90 Å². The number of carbonyl (C=O) groups is 1. The Morgan fingerprint density at radius 3 is 2.69 bits per heavy atom. The van der Waals surface area contributed by atoms with Gasteiger partial charge in [-0.05, 0) is 68.1 Å². The van der Waals surface area contributed by atoms with Gasteiger partial charge < -0.3 is 15.0 Å². The predicted molar refractivity (Wildman–Crippen MR) is 112 cm³/mol. The van der Waals surface area contributed by atoms with E-state index in [1.807, 2.05) is 30.3 Å². The minimum absolute atomic E-state index is 0.138. The topological polar surface area (TPSA) is 44.8 Å². The Hall–Kier alpha value is -2.60. The number of halogens is 1. The van der Waals surface area contributed by atoms with Crippen LogP contribution in [-0.4, -0.2) is 50.3 Å². The van der Waals surface area contributed by atoms with Crippen LogP contribution in [0.3, 0.4) is 0 Å². The second-order valence-electron chi connectivity index (χ2n) is 7.82. The molecule has 2 heterocycles. The van der Waals surface area contributed by atoms with Gasteiger partial charge in [0.05, 0.1) is 12.3 Å². The zero-order chi connectivity index (χ0) is 20.1. The number of fused-ring (bicyclic) bond motifs is 1. The number of hydrogen-bond donors (Lipinski definition) is 1. The monoisotopic (exact) mass is 397 g/mol. The van der Waals surface area contributed by atoms with Crippen LogP contribution < -0.4 is 15.0 Å². The number of amides is 2. The smallest absolute Gasteiger partial charge is 0.321 e. The first-order chi connectivity index (χ1) is 14.2. The normalized spacial score (nSPS) is 17.2. The van der Waals surface area contributed by atoms with Crippen molar-refractivity contribution >= 4 is 11.7 Å². The summed E-state index contributed by atoms with van der Waals surface area (Å²) in [5.74, 6) is 1.21. The van der Waals surface area contributed by atoms with Crippen LogP contribution in [0.2, 0.25) is 0 Å². The van der Waals surface area contributed by atoms with Crippen molar-refractivity contribution in [3.63, 3.8) is 0 Å². The number of ether oxygens (including phenoxy) is 1. The summed E-state index contributed by atoms with van der Waals surface area (Å²) in [6.45, 7) is 4.86. The number of piperidine rings is 1. The van der Waals surface area contributed by atoms with Crippen LogP contribution in [0.25, 0.3) is 0 Å². The third kappa shape index (κ3) is 5.07. The second kappa shape index (κ2) is 9.27. The summed E-state index contributed by atoms with van der Waals surface area (Å²) in [5.41, 5.74) is 1.73. The van der Waals surface area contributed by atoms with Crippen molar-refractivity contribution in [1.82, 2.24) is 10.2 Å². The van der Waals surface area contributed by atoms with Gasteiger partial charge in [0, 0.05) is 19.6 Å². The van der Waals surface area contributed by atoms with Gasteiger partial charge in [0.15, 0.2) is 0 Å². The molecular formula is C23H28FN3O2. The molecule has 0 aromatic heterocycles. The lowest BCUT2D eigenvalue weighted by atomic mass is 9.98. The van der Waals surface area contributed by atoms with E-state index in [2.05, 4.69) is 10.2 Å². The van der Waals surface area contributed by atoms with E-state index in [0.717, 1.165) is 56.8 Å². The Morgan fingerprint density at radius 1 is 1.10 bits per heavy atom. The highest BCUT2D eigenvalue weighted by molar-refractivity contribution is 5.94. The summed E-state index contributed by atoms with van der Waals surface area (Å²) in [6.07, 6.45) is 3.00. The van der Waals surface area contributed by atoms with Gasteiger partial charge in [-0.15, -0.1) is 0 Å². The van der Waals surface area contributed by atoms with Crippen LogP contribution in [0.1, 0.15) is 18.4 Å². The number of urea groups is 1. The molecule has 0 aliphatic carbocycles. The van der Waals surface area contributed by atoms with Crippen molar-refractivity contribution in [2.75, 3.05) is 44.2 Å². The molecule has 29 heavy (non-hydrogen) atoms. The molecule has 2 amide bonds. The molecule has 2 aliphatic rings. The Morgan fingerprint density at radius 2 is 1.90 bits per heavy atom. The summed E-state index contributed by atoms with van der Waals surface area (Å²) in [5, 5.41) is 2.99. The Bertz CT molecular complexity index is 822. The average molecular weight is 397 g/mol. The molecule has 1 N–H and O–H groups in total. The molecule has 0 radical (unpaired) electrons. The maximum absolute atomic E-state index is 13.5. The molecule has 5 nitrogen and oxygen atoms in total. The number of rotatable bonds is 6. The molecule has 6 heteroatoms. The van der Waals surface area contributed by atoms with E-state index in [9.17, 15) is 9.18 Å². The Labute approximate surface area is 171 Å². The fourth-order valence-electron chi connectivity index (χ4n) is 4.09. The first kappa shape index (κ1) is 19.7. The fourth-order valence-corrected chi connectivity index (χ4v) is 4.09. The van der Waals surface area contributed by atoms with Crippen molar-refractivity contribution in [2.45, 2.75) is 19.3 Å². The third-order valence-electron chi connectivity index (χ3n) is 5.83. The van der Waals surface area contributed by atoms with Crippen LogP contribution in [-0.2, 0) is 6.42 Å². The van der Waals surface area contributed by atoms with Crippen LogP contribution in [0.4, 0.5) is 14.9 Å². The van der Waals surface area contributed by atoms with Gasteiger partial charge in [0.25, 0.3) is 0 Å². The molecule has 2 aliphatic heterocycles. The summed E-state index contributed by atoms with van der Waals surface area (Å²) >= 11 is 0. The van der Waals surface area contributed by atoms with Gasteiger partial charge in [-0.2, -0.15) is 0 Å². The lowest BCUT2D eigenvalue weighted by Crippen LogP contribution is -2.44. The molecule has 1 saturated heterocycles. The molecular weight excluding hydrogens is 369 g/mol. The van der Waals surface area contributed by atoms with Crippen molar-refractivity contribution in [2.24, 2.45) is 5.92 Å². The largest absolute Gasteiger partial charge is 0.493 e. The van der Waals surface area contributed by atoms with E-state index in [1.54, 1.807) is 11.0 Å². The second-order valence-corrected chi connectivity index (χ2v) is 7.82. The maximum Gasteiger partial charge on any atom is 0.321 e. The van der Waals surface area contributed by atoms with Gasteiger partial charge in [0.2, 0.25) is 0 Å². The number of anilines is 1.